The lowest BCUT2D eigenvalue weighted by molar-refractivity contribution is 0.551. The fourth-order valence-electron chi connectivity index (χ4n) is 1.98. The molecule has 2 rings (SSSR count). The summed E-state index contributed by atoms with van der Waals surface area (Å²) in [6.45, 7) is 5.44. The van der Waals surface area contributed by atoms with Crippen LogP contribution in [0.5, 0.6) is 0 Å². The molecule has 0 aliphatic carbocycles. The zero-order chi connectivity index (χ0) is 12.8. The first-order valence-corrected chi connectivity index (χ1v) is 7.23. The summed E-state index contributed by atoms with van der Waals surface area (Å²) in [4.78, 5) is 6.89. The van der Waals surface area contributed by atoms with Crippen LogP contribution in [-0.2, 0) is 12.8 Å². The maximum atomic E-state index is 4.03. The van der Waals surface area contributed by atoms with Gasteiger partial charge in [0.05, 0.1) is 0 Å². The molecule has 0 fully saturated rings. The average Bonchev–Trinajstić information content (AvgIpc) is 2.76. The number of pyridine rings is 1. The molecule has 0 saturated carbocycles. The molecule has 0 saturated heterocycles. The van der Waals surface area contributed by atoms with Crippen LogP contribution in [0.2, 0.25) is 0 Å². The monoisotopic (exact) mass is 260 g/mol. The van der Waals surface area contributed by atoms with Crippen molar-refractivity contribution >= 4 is 11.3 Å². The first kappa shape index (κ1) is 13.2. The van der Waals surface area contributed by atoms with Gasteiger partial charge >= 0.3 is 0 Å². The van der Waals surface area contributed by atoms with Crippen molar-refractivity contribution in [2.75, 3.05) is 6.54 Å². The Kier molecular flexibility index (Phi) is 4.90. The van der Waals surface area contributed by atoms with Crippen LogP contribution in [0, 0.1) is 6.92 Å². The van der Waals surface area contributed by atoms with Crippen molar-refractivity contribution in [2.24, 2.45) is 0 Å². The van der Waals surface area contributed by atoms with Crippen LogP contribution >= 0.6 is 11.3 Å². The summed E-state index contributed by atoms with van der Waals surface area (Å²) < 4.78 is 0. The molecule has 1 N–H and O–H groups in total. The number of nitrogens with one attached hydrogen (secondary N) is 1. The van der Waals surface area contributed by atoms with Gasteiger partial charge in [-0.15, -0.1) is 11.3 Å². The predicted molar refractivity (Wildman–Crippen MR) is 78.2 cm³/mol. The Bertz CT molecular complexity index is 464. The first-order chi connectivity index (χ1) is 8.74. The highest BCUT2D eigenvalue weighted by atomic mass is 32.1. The number of aromatic nitrogens is 1. The fourth-order valence-corrected chi connectivity index (χ4v) is 3.00. The van der Waals surface area contributed by atoms with Crippen LogP contribution < -0.4 is 5.32 Å². The highest BCUT2D eigenvalue weighted by molar-refractivity contribution is 7.11. The van der Waals surface area contributed by atoms with E-state index >= 15 is 0 Å². The maximum absolute atomic E-state index is 4.03. The quantitative estimate of drug-likeness (QED) is 0.862. The maximum Gasteiger partial charge on any atom is 0.0270 e. The lowest BCUT2D eigenvalue weighted by atomic mass is 10.1. The van der Waals surface area contributed by atoms with Gasteiger partial charge in [-0.05, 0) is 63.1 Å². The molecular weight excluding hydrogens is 240 g/mol. The van der Waals surface area contributed by atoms with E-state index in [1.807, 2.05) is 23.7 Å². The van der Waals surface area contributed by atoms with Crippen LogP contribution in [0.1, 0.15) is 22.2 Å². The number of hydrogen-bond donors (Lipinski definition) is 1. The lowest BCUT2D eigenvalue weighted by Crippen LogP contribution is -2.29. The van der Waals surface area contributed by atoms with E-state index in [9.17, 15) is 0 Å². The molecule has 1 unspecified atom stereocenters. The zero-order valence-corrected chi connectivity index (χ0v) is 11.8. The van der Waals surface area contributed by atoms with Crippen LogP contribution in [0.15, 0.2) is 36.7 Å². The van der Waals surface area contributed by atoms with Crippen molar-refractivity contribution in [1.29, 1.82) is 0 Å². The van der Waals surface area contributed by atoms with Gasteiger partial charge in [0.1, 0.15) is 0 Å². The van der Waals surface area contributed by atoms with Gasteiger partial charge in [-0.2, -0.15) is 0 Å². The van der Waals surface area contributed by atoms with Crippen LogP contribution in [0.25, 0.3) is 0 Å². The zero-order valence-electron chi connectivity index (χ0n) is 11.0. The molecule has 0 amide bonds. The molecule has 0 radical (unpaired) electrons. The lowest BCUT2D eigenvalue weighted by Gasteiger charge is -2.12. The minimum atomic E-state index is 0.532. The minimum absolute atomic E-state index is 0.532. The van der Waals surface area contributed by atoms with E-state index in [-0.39, 0.29) is 0 Å². The van der Waals surface area contributed by atoms with Crippen molar-refractivity contribution in [1.82, 2.24) is 10.3 Å². The molecule has 0 spiro atoms. The number of thiophene rings is 1. The molecule has 0 aromatic carbocycles. The second kappa shape index (κ2) is 6.66. The predicted octanol–water partition coefficient (Wildman–Crippen LogP) is 3.21. The van der Waals surface area contributed by atoms with Gasteiger partial charge in [0.25, 0.3) is 0 Å². The summed E-state index contributed by atoms with van der Waals surface area (Å²) in [7, 11) is 0. The molecule has 3 heteroatoms. The summed E-state index contributed by atoms with van der Waals surface area (Å²) >= 11 is 1.90. The summed E-state index contributed by atoms with van der Waals surface area (Å²) in [6, 6.07) is 9.12. The van der Waals surface area contributed by atoms with Gasteiger partial charge in [0.15, 0.2) is 0 Å². The molecule has 1 atom stereocenters. The van der Waals surface area contributed by atoms with Crippen molar-refractivity contribution in [3.8, 4) is 0 Å². The fraction of sp³-hybridized carbons (Fsp3) is 0.400. The highest BCUT2D eigenvalue weighted by Gasteiger charge is 2.04. The SMILES string of the molecule is Cc1ccc(CC(C)NCCc2ccncc2)s1. The second-order valence-corrected chi connectivity index (χ2v) is 6.05. The van der Waals surface area contributed by atoms with Gasteiger partial charge in [-0.3, -0.25) is 4.98 Å². The Morgan fingerprint density at radius 3 is 2.67 bits per heavy atom. The molecule has 0 bridgehead atoms. The molecular formula is C15H20N2S. The standard InChI is InChI=1S/C15H20N2S/c1-12(11-15-4-3-13(2)18-15)17-10-7-14-5-8-16-9-6-14/h3-6,8-9,12,17H,7,10-11H2,1-2H3. The Balaban J connectivity index is 1.70. The number of nitrogens with zero attached hydrogens (tertiary/aromatic N) is 1. The van der Waals surface area contributed by atoms with E-state index in [2.05, 4.69) is 48.4 Å². The number of hydrogen-bond acceptors (Lipinski definition) is 3. The van der Waals surface area contributed by atoms with Gasteiger partial charge in [-0.25, -0.2) is 0 Å². The highest BCUT2D eigenvalue weighted by Crippen LogP contribution is 2.16. The average molecular weight is 260 g/mol. The van der Waals surface area contributed by atoms with Gasteiger partial charge in [-0.1, -0.05) is 0 Å². The Morgan fingerprint density at radius 1 is 1.22 bits per heavy atom. The Hall–Kier alpha value is -1.19. The van der Waals surface area contributed by atoms with E-state index < -0.39 is 0 Å². The number of aryl methyl sites for hydroxylation is 1. The molecule has 18 heavy (non-hydrogen) atoms. The second-order valence-electron chi connectivity index (χ2n) is 4.68. The molecule has 2 aromatic heterocycles. The normalized spacial score (nSPS) is 12.6. The van der Waals surface area contributed by atoms with Crippen LogP contribution in [0.3, 0.4) is 0 Å². The van der Waals surface area contributed by atoms with Crippen molar-refractivity contribution < 1.29 is 0 Å². The third kappa shape index (κ3) is 4.24. The van der Waals surface area contributed by atoms with Crippen molar-refractivity contribution in [2.45, 2.75) is 32.7 Å². The molecule has 0 aliphatic heterocycles. The Labute approximate surface area is 113 Å². The van der Waals surface area contributed by atoms with E-state index in [1.165, 1.54) is 15.3 Å². The summed E-state index contributed by atoms with van der Waals surface area (Å²) in [5, 5.41) is 3.58. The van der Waals surface area contributed by atoms with E-state index in [4.69, 9.17) is 0 Å². The number of rotatable bonds is 6. The third-order valence-electron chi connectivity index (χ3n) is 2.96. The van der Waals surface area contributed by atoms with E-state index in [0.29, 0.717) is 6.04 Å². The summed E-state index contributed by atoms with van der Waals surface area (Å²) in [6.07, 6.45) is 5.89. The Morgan fingerprint density at radius 2 is 2.00 bits per heavy atom. The van der Waals surface area contributed by atoms with Crippen molar-refractivity contribution in [3.05, 3.63) is 52.0 Å². The van der Waals surface area contributed by atoms with Gasteiger partial charge in [0, 0.05) is 28.2 Å². The smallest absolute Gasteiger partial charge is 0.0270 e. The van der Waals surface area contributed by atoms with Crippen LogP contribution in [-0.4, -0.2) is 17.6 Å². The summed E-state index contributed by atoms with van der Waals surface area (Å²) in [5.74, 6) is 0. The topological polar surface area (TPSA) is 24.9 Å². The third-order valence-corrected chi connectivity index (χ3v) is 3.98. The molecule has 2 nitrogen and oxygen atoms in total. The van der Waals surface area contributed by atoms with Gasteiger partial charge in [0.2, 0.25) is 0 Å². The molecule has 2 heterocycles. The molecule has 2 aromatic rings. The van der Waals surface area contributed by atoms with Gasteiger partial charge < -0.3 is 5.32 Å². The largest absolute Gasteiger partial charge is 0.314 e. The van der Waals surface area contributed by atoms with E-state index in [1.54, 1.807) is 0 Å². The van der Waals surface area contributed by atoms with E-state index in [0.717, 1.165) is 19.4 Å². The summed E-state index contributed by atoms with van der Waals surface area (Å²) in [5.41, 5.74) is 1.34. The van der Waals surface area contributed by atoms with Crippen molar-refractivity contribution in [3.63, 3.8) is 0 Å². The van der Waals surface area contributed by atoms with Crippen LogP contribution in [0.4, 0.5) is 0 Å². The molecule has 96 valence electrons. The first-order valence-electron chi connectivity index (χ1n) is 6.41. The molecule has 0 aliphatic rings. The minimum Gasteiger partial charge on any atom is -0.314 e.